The molecule has 1 aromatic rings. The van der Waals surface area contributed by atoms with Crippen LogP contribution in [0.5, 0.6) is 0 Å². The highest BCUT2D eigenvalue weighted by Crippen LogP contribution is 2.13. The van der Waals surface area contributed by atoms with E-state index in [9.17, 15) is 0 Å². The lowest BCUT2D eigenvalue weighted by Gasteiger charge is -2.04. The molecule has 0 saturated heterocycles. The number of nitrogens with zero attached hydrogens (tertiary/aromatic N) is 1. The van der Waals surface area contributed by atoms with Gasteiger partial charge in [0.15, 0.2) is 11.9 Å². The minimum Gasteiger partial charge on any atom is -1.00 e. The minimum atomic E-state index is 0. The number of hydrogen-bond acceptors (Lipinski definition) is 0. The van der Waals surface area contributed by atoms with Gasteiger partial charge in [0.2, 0.25) is 0 Å². The van der Waals surface area contributed by atoms with Crippen LogP contribution >= 0.6 is 0 Å². The molecule has 27 heavy (non-hydrogen) atoms. The lowest BCUT2D eigenvalue weighted by Crippen LogP contribution is -3.00. The Bertz CT molecular complexity index is 444. The number of aromatic nitrogens is 1. The first-order valence-electron chi connectivity index (χ1n) is 11.7. The first kappa shape index (κ1) is 26.4. The van der Waals surface area contributed by atoms with Crippen LogP contribution < -0.4 is 17.0 Å². The molecule has 0 N–H and O–H groups in total. The smallest absolute Gasteiger partial charge is 0.181 e. The van der Waals surface area contributed by atoms with Crippen molar-refractivity contribution in [1.82, 2.24) is 0 Å². The van der Waals surface area contributed by atoms with Crippen LogP contribution in [-0.4, -0.2) is 0 Å². The molecule has 0 amide bonds. The molecule has 0 atom stereocenters. The summed E-state index contributed by atoms with van der Waals surface area (Å²) in [6, 6.07) is 4.38. The van der Waals surface area contributed by atoms with Crippen LogP contribution in [0.3, 0.4) is 0 Å². The van der Waals surface area contributed by atoms with Crippen molar-refractivity contribution in [3.05, 3.63) is 29.6 Å². The Morgan fingerprint density at radius 1 is 0.630 bits per heavy atom. The molecule has 2 heteroatoms. The van der Waals surface area contributed by atoms with Crippen molar-refractivity contribution < 1.29 is 17.0 Å². The van der Waals surface area contributed by atoms with E-state index in [0.29, 0.717) is 0 Å². The van der Waals surface area contributed by atoms with Crippen molar-refractivity contribution in [3.8, 4) is 0 Å². The molecular weight excluding hydrogens is 350 g/mol. The van der Waals surface area contributed by atoms with Crippen molar-refractivity contribution in [2.24, 2.45) is 0 Å². The molecule has 0 aliphatic heterocycles. The Morgan fingerprint density at radius 3 is 1.48 bits per heavy atom. The molecule has 1 aromatic heterocycles. The SMILES string of the molecule is CCCCCCCCCCCCCCCCCC[n+]1cccc(C)c1C.[Cl-]. The van der Waals surface area contributed by atoms with Crippen LogP contribution in [0.15, 0.2) is 18.3 Å². The summed E-state index contributed by atoms with van der Waals surface area (Å²) >= 11 is 0. The molecule has 0 unspecified atom stereocenters. The van der Waals surface area contributed by atoms with Gasteiger partial charge in [0.25, 0.3) is 0 Å². The molecular formula is C25H46ClN. The summed E-state index contributed by atoms with van der Waals surface area (Å²) in [5, 5.41) is 0. The monoisotopic (exact) mass is 395 g/mol. The van der Waals surface area contributed by atoms with Gasteiger partial charge in [-0.2, -0.15) is 0 Å². The zero-order valence-electron chi connectivity index (χ0n) is 18.6. The Labute approximate surface area is 176 Å². The van der Waals surface area contributed by atoms with Gasteiger partial charge >= 0.3 is 0 Å². The first-order chi connectivity index (χ1) is 12.8. The first-order valence-corrected chi connectivity index (χ1v) is 11.7. The Kier molecular flexibility index (Phi) is 18.4. The van der Waals surface area contributed by atoms with Gasteiger partial charge in [-0.15, -0.1) is 0 Å². The number of aryl methyl sites for hydroxylation is 2. The standard InChI is InChI=1S/C25H46N.ClH/c1-4-5-6-7-8-9-10-11-12-13-14-15-16-17-18-19-22-26-23-20-21-24(2)25(26)3;/h20-21,23H,4-19,22H2,1-3H3;1H/q+1;/p-1. The normalized spacial score (nSPS) is 10.8. The van der Waals surface area contributed by atoms with Crippen molar-refractivity contribution >= 4 is 0 Å². The molecule has 158 valence electrons. The van der Waals surface area contributed by atoms with E-state index in [1.54, 1.807) is 0 Å². The van der Waals surface area contributed by atoms with Gasteiger partial charge in [0.1, 0.15) is 6.54 Å². The Balaban J connectivity index is 0.00000676. The van der Waals surface area contributed by atoms with E-state index in [1.807, 2.05) is 0 Å². The lowest BCUT2D eigenvalue weighted by atomic mass is 10.0. The zero-order valence-corrected chi connectivity index (χ0v) is 19.3. The number of halogens is 1. The van der Waals surface area contributed by atoms with Crippen LogP contribution in [0.25, 0.3) is 0 Å². The highest BCUT2D eigenvalue weighted by Gasteiger charge is 2.07. The van der Waals surface area contributed by atoms with Gasteiger partial charge in [-0.25, -0.2) is 4.57 Å². The van der Waals surface area contributed by atoms with Crippen LogP contribution in [0.1, 0.15) is 121 Å². The summed E-state index contributed by atoms with van der Waals surface area (Å²) in [6.07, 6.45) is 25.3. The van der Waals surface area contributed by atoms with E-state index in [2.05, 4.69) is 43.7 Å². The van der Waals surface area contributed by atoms with E-state index in [4.69, 9.17) is 0 Å². The quantitative estimate of drug-likeness (QED) is 0.262. The average Bonchev–Trinajstić information content (AvgIpc) is 2.64. The summed E-state index contributed by atoms with van der Waals surface area (Å²) < 4.78 is 2.42. The van der Waals surface area contributed by atoms with Gasteiger partial charge in [0, 0.05) is 25.0 Å². The highest BCUT2D eigenvalue weighted by molar-refractivity contribution is 5.11. The third-order valence-electron chi connectivity index (χ3n) is 5.87. The second-order valence-corrected chi connectivity index (χ2v) is 8.27. The molecule has 0 fully saturated rings. The molecule has 0 aliphatic rings. The lowest BCUT2D eigenvalue weighted by molar-refractivity contribution is -0.703. The number of rotatable bonds is 17. The third-order valence-corrected chi connectivity index (χ3v) is 5.87. The fourth-order valence-corrected chi connectivity index (χ4v) is 3.82. The van der Waals surface area contributed by atoms with Crippen LogP contribution in [0.4, 0.5) is 0 Å². The van der Waals surface area contributed by atoms with Gasteiger partial charge in [-0.1, -0.05) is 96.8 Å². The van der Waals surface area contributed by atoms with Gasteiger partial charge in [-0.3, -0.25) is 0 Å². The second-order valence-electron chi connectivity index (χ2n) is 8.27. The molecule has 1 rings (SSSR count). The summed E-state index contributed by atoms with van der Waals surface area (Å²) in [4.78, 5) is 0. The van der Waals surface area contributed by atoms with Crippen LogP contribution in [-0.2, 0) is 6.54 Å². The predicted octanol–water partition coefficient (Wildman–Crippen LogP) is 4.86. The van der Waals surface area contributed by atoms with Gasteiger partial charge in [-0.05, 0) is 19.4 Å². The zero-order chi connectivity index (χ0) is 18.9. The largest absolute Gasteiger partial charge is 1.00 e. The third kappa shape index (κ3) is 14.1. The maximum absolute atomic E-state index is 2.42. The van der Waals surface area contributed by atoms with Crippen molar-refractivity contribution in [3.63, 3.8) is 0 Å². The molecule has 0 bridgehead atoms. The topological polar surface area (TPSA) is 3.88 Å². The molecule has 1 heterocycles. The van der Waals surface area contributed by atoms with Gasteiger partial charge in [0.05, 0.1) is 0 Å². The number of unbranched alkanes of at least 4 members (excludes halogenated alkanes) is 15. The van der Waals surface area contributed by atoms with Crippen molar-refractivity contribution in [2.45, 2.75) is 130 Å². The molecule has 0 aromatic carbocycles. The summed E-state index contributed by atoms with van der Waals surface area (Å²) in [7, 11) is 0. The predicted molar refractivity (Wildman–Crippen MR) is 116 cm³/mol. The molecule has 1 nitrogen and oxygen atoms in total. The maximum Gasteiger partial charge on any atom is 0.181 e. The summed E-state index contributed by atoms with van der Waals surface area (Å²) in [5.41, 5.74) is 2.83. The second kappa shape index (κ2) is 18.8. The average molecular weight is 396 g/mol. The number of pyridine rings is 1. The van der Waals surface area contributed by atoms with E-state index >= 15 is 0 Å². The van der Waals surface area contributed by atoms with E-state index in [-0.39, 0.29) is 12.4 Å². The Hall–Kier alpha value is -0.560. The van der Waals surface area contributed by atoms with Crippen molar-refractivity contribution in [1.29, 1.82) is 0 Å². The van der Waals surface area contributed by atoms with Crippen LogP contribution in [0, 0.1) is 13.8 Å². The molecule has 0 spiro atoms. The van der Waals surface area contributed by atoms with Gasteiger partial charge < -0.3 is 12.4 Å². The fourth-order valence-electron chi connectivity index (χ4n) is 3.82. The molecule has 0 saturated carbocycles. The number of hydrogen-bond donors (Lipinski definition) is 0. The summed E-state index contributed by atoms with van der Waals surface area (Å²) in [5.74, 6) is 0. The fraction of sp³-hybridized carbons (Fsp3) is 0.800. The minimum absolute atomic E-state index is 0. The highest BCUT2D eigenvalue weighted by atomic mass is 35.5. The molecule has 0 aliphatic carbocycles. The van der Waals surface area contributed by atoms with Crippen LogP contribution in [0.2, 0.25) is 0 Å². The van der Waals surface area contributed by atoms with E-state index < -0.39 is 0 Å². The van der Waals surface area contributed by atoms with E-state index in [0.717, 1.165) is 0 Å². The van der Waals surface area contributed by atoms with E-state index in [1.165, 1.54) is 121 Å². The van der Waals surface area contributed by atoms with Crippen molar-refractivity contribution in [2.75, 3.05) is 0 Å². The maximum atomic E-state index is 2.42. The molecule has 0 radical (unpaired) electrons. The summed E-state index contributed by atoms with van der Waals surface area (Å²) in [6.45, 7) is 7.93. The Morgan fingerprint density at radius 2 is 1.04 bits per heavy atom.